The minimum atomic E-state index is -0.698. The fourth-order valence-corrected chi connectivity index (χ4v) is 2.94. The van der Waals surface area contributed by atoms with Gasteiger partial charge in [-0.3, -0.25) is 19.3 Å². The lowest BCUT2D eigenvalue weighted by Crippen LogP contribution is -2.32. The van der Waals surface area contributed by atoms with Crippen LogP contribution in [0.4, 0.5) is 0 Å². The second-order valence-corrected chi connectivity index (χ2v) is 6.04. The van der Waals surface area contributed by atoms with Crippen LogP contribution in [0.3, 0.4) is 0 Å². The van der Waals surface area contributed by atoms with Gasteiger partial charge in [-0.15, -0.1) is 0 Å². The number of halogens is 1. The topological polar surface area (TPSA) is 96.7 Å². The van der Waals surface area contributed by atoms with Crippen LogP contribution in [0, 0.1) is 11.3 Å². The third-order valence-corrected chi connectivity index (χ3v) is 4.27. The third-order valence-electron chi connectivity index (χ3n) is 3.99. The van der Waals surface area contributed by atoms with Crippen LogP contribution < -0.4 is 9.47 Å². The second-order valence-electron chi connectivity index (χ2n) is 5.63. The van der Waals surface area contributed by atoms with Crippen molar-refractivity contribution in [2.24, 2.45) is 0 Å². The van der Waals surface area contributed by atoms with Gasteiger partial charge in [0.05, 0.1) is 41.3 Å². The molecule has 0 aliphatic carbocycles. The molecule has 2 amide bonds. The zero-order valence-corrected chi connectivity index (χ0v) is 14.9. The molecule has 1 aliphatic heterocycles. The predicted octanol–water partition coefficient (Wildman–Crippen LogP) is 2.81. The molecule has 0 N–H and O–H groups in total. The summed E-state index contributed by atoms with van der Waals surface area (Å²) in [4.78, 5) is 37.8. The fraction of sp³-hybridized carbons (Fsp3) is 0.158. The van der Waals surface area contributed by atoms with Crippen molar-refractivity contribution in [2.45, 2.75) is 6.42 Å². The monoisotopic (exact) mass is 384 g/mol. The van der Waals surface area contributed by atoms with Crippen molar-refractivity contribution < 1.29 is 23.9 Å². The number of nitrogens with zero attached hydrogens (tertiary/aromatic N) is 2. The van der Waals surface area contributed by atoms with Gasteiger partial charge in [-0.2, -0.15) is 5.26 Å². The number of carbonyl (C=O) groups excluding carboxylic acids is 3. The average Bonchev–Trinajstić information content (AvgIpc) is 2.92. The molecular formula is C19H13ClN2O5. The van der Waals surface area contributed by atoms with Crippen LogP contribution in [0.1, 0.15) is 32.7 Å². The molecule has 0 bridgehead atoms. The van der Waals surface area contributed by atoms with Crippen molar-refractivity contribution in [3.63, 3.8) is 0 Å². The summed E-state index contributed by atoms with van der Waals surface area (Å²) < 4.78 is 10.3. The number of ether oxygens (including phenoxy) is 2. The maximum absolute atomic E-state index is 12.3. The number of imide groups is 1. The van der Waals surface area contributed by atoms with Gasteiger partial charge in [0.2, 0.25) is 0 Å². The smallest absolute Gasteiger partial charge is 0.313 e. The van der Waals surface area contributed by atoms with E-state index in [-0.39, 0.29) is 35.1 Å². The van der Waals surface area contributed by atoms with Crippen LogP contribution >= 0.6 is 11.6 Å². The molecule has 136 valence electrons. The minimum Gasteiger partial charge on any atom is -0.493 e. The van der Waals surface area contributed by atoms with Gasteiger partial charge < -0.3 is 9.47 Å². The quantitative estimate of drug-likeness (QED) is 0.446. The maximum atomic E-state index is 12.3. The lowest BCUT2D eigenvalue weighted by atomic mass is 10.1. The molecule has 0 spiro atoms. The Labute approximate surface area is 159 Å². The van der Waals surface area contributed by atoms with E-state index in [1.165, 1.54) is 19.2 Å². The van der Waals surface area contributed by atoms with Crippen LogP contribution in [0.15, 0.2) is 36.4 Å². The summed E-state index contributed by atoms with van der Waals surface area (Å²) in [5.41, 5.74) is 0.878. The number of methoxy groups -OCH3 is 1. The Morgan fingerprint density at radius 2 is 1.81 bits per heavy atom. The first-order valence-electron chi connectivity index (χ1n) is 7.89. The van der Waals surface area contributed by atoms with Crippen LogP contribution in [0.5, 0.6) is 11.5 Å². The highest BCUT2D eigenvalue weighted by molar-refractivity contribution is 6.32. The lowest BCUT2D eigenvalue weighted by Gasteiger charge is -2.14. The summed E-state index contributed by atoms with van der Waals surface area (Å²) in [5, 5.41) is 8.98. The summed E-state index contributed by atoms with van der Waals surface area (Å²) in [6.45, 7) is -0.124. The molecule has 27 heavy (non-hydrogen) atoms. The number of hydrogen-bond donors (Lipinski definition) is 0. The van der Waals surface area contributed by atoms with Crippen molar-refractivity contribution in [1.82, 2.24) is 4.90 Å². The number of nitriles is 1. The maximum Gasteiger partial charge on any atom is 0.313 e. The summed E-state index contributed by atoms with van der Waals surface area (Å²) in [6.07, 6.45) is -0.217. The first-order valence-corrected chi connectivity index (χ1v) is 8.27. The standard InChI is InChI=1S/C19H13ClN2O5/c1-26-15-9-11(10-21)8-14(20)17(15)27-16(23)6-7-22-18(24)12-4-2-3-5-13(12)19(22)25/h2-5,8-9H,6-7H2,1H3. The number of esters is 1. The van der Waals surface area contributed by atoms with E-state index >= 15 is 0 Å². The van der Waals surface area contributed by atoms with E-state index in [4.69, 9.17) is 26.3 Å². The number of fused-ring (bicyclic) bond motifs is 1. The molecule has 2 aromatic carbocycles. The van der Waals surface area contributed by atoms with Gasteiger partial charge in [-0.1, -0.05) is 23.7 Å². The Bertz CT molecular complexity index is 961. The summed E-state index contributed by atoms with van der Waals surface area (Å²) in [7, 11) is 1.35. The zero-order valence-electron chi connectivity index (χ0n) is 14.2. The minimum absolute atomic E-state index is 0.0227. The fourth-order valence-electron chi connectivity index (χ4n) is 2.69. The first-order chi connectivity index (χ1) is 13.0. The molecule has 0 atom stereocenters. The molecule has 0 aromatic heterocycles. The van der Waals surface area contributed by atoms with E-state index in [9.17, 15) is 14.4 Å². The van der Waals surface area contributed by atoms with Gasteiger partial charge in [-0.05, 0) is 18.2 Å². The molecule has 1 heterocycles. The van der Waals surface area contributed by atoms with Gasteiger partial charge in [0, 0.05) is 12.6 Å². The Balaban J connectivity index is 1.69. The van der Waals surface area contributed by atoms with E-state index in [0.717, 1.165) is 4.90 Å². The molecule has 0 saturated carbocycles. The van der Waals surface area contributed by atoms with Crippen LogP contribution in [-0.4, -0.2) is 36.3 Å². The van der Waals surface area contributed by atoms with Crippen molar-refractivity contribution in [3.05, 3.63) is 58.1 Å². The molecule has 1 aliphatic rings. The number of amides is 2. The normalized spacial score (nSPS) is 12.6. The molecule has 0 unspecified atom stereocenters. The van der Waals surface area contributed by atoms with E-state index < -0.39 is 17.8 Å². The van der Waals surface area contributed by atoms with Crippen LogP contribution in [0.25, 0.3) is 0 Å². The summed E-state index contributed by atoms with van der Waals surface area (Å²) >= 11 is 6.04. The third kappa shape index (κ3) is 3.48. The Kier molecular flexibility index (Phi) is 5.10. The van der Waals surface area contributed by atoms with Gasteiger partial charge in [0.15, 0.2) is 11.5 Å². The highest BCUT2D eigenvalue weighted by atomic mass is 35.5. The molecule has 8 heteroatoms. The van der Waals surface area contributed by atoms with Crippen molar-refractivity contribution >= 4 is 29.4 Å². The zero-order chi connectivity index (χ0) is 19.6. The Morgan fingerprint density at radius 1 is 1.19 bits per heavy atom. The largest absolute Gasteiger partial charge is 0.493 e. The number of benzene rings is 2. The number of carbonyl (C=O) groups is 3. The average molecular weight is 385 g/mol. The van der Waals surface area contributed by atoms with Gasteiger partial charge >= 0.3 is 5.97 Å². The molecule has 0 fully saturated rings. The SMILES string of the molecule is COc1cc(C#N)cc(Cl)c1OC(=O)CCN1C(=O)c2ccccc2C1=O. The van der Waals surface area contributed by atoms with Crippen LogP contribution in [0.2, 0.25) is 5.02 Å². The molecule has 7 nitrogen and oxygen atoms in total. The molecule has 2 aromatic rings. The van der Waals surface area contributed by atoms with Crippen molar-refractivity contribution in [2.75, 3.05) is 13.7 Å². The van der Waals surface area contributed by atoms with Gasteiger partial charge in [0.1, 0.15) is 0 Å². The van der Waals surface area contributed by atoms with E-state index in [1.807, 2.05) is 6.07 Å². The van der Waals surface area contributed by atoms with E-state index in [0.29, 0.717) is 11.1 Å². The Hall–Kier alpha value is -3.37. The van der Waals surface area contributed by atoms with E-state index in [2.05, 4.69) is 0 Å². The highest BCUT2D eigenvalue weighted by Gasteiger charge is 2.35. The summed E-state index contributed by atoms with van der Waals surface area (Å²) in [5.74, 6) is -1.48. The van der Waals surface area contributed by atoms with E-state index in [1.54, 1.807) is 24.3 Å². The second kappa shape index (κ2) is 7.48. The van der Waals surface area contributed by atoms with Crippen LogP contribution in [-0.2, 0) is 4.79 Å². The van der Waals surface area contributed by atoms with Gasteiger partial charge in [0.25, 0.3) is 11.8 Å². The molecular weight excluding hydrogens is 372 g/mol. The summed E-state index contributed by atoms with van der Waals surface area (Å²) in [6, 6.07) is 11.1. The molecule has 0 radical (unpaired) electrons. The predicted molar refractivity (Wildman–Crippen MR) is 94.8 cm³/mol. The first kappa shape index (κ1) is 18.4. The van der Waals surface area contributed by atoms with Crippen molar-refractivity contribution in [3.8, 4) is 17.6 Å². The van der Waals surface area contributed by atoms with Gasteiger partial charge in [-0.25, -0.2) is 0 Å². The molecule has 3 rings (SSSR count). The lowest BCUT2D eigenvalue weighted by molar-refractivity contribution is -0.134. The number of rotatable bonds is 5. The van der Waals surface area contributed by atoms with Crippen molar-refractivity contribution in [1.29, 1.82) is 5.26 Å². The number of hydrogen-bond acceptors (Lipinski definition) is 6. The molecule has 0 saturated heterocycles. The highest BCUT2D eigenvalue weighted by Crippen LogP contribution is 2.36. The Morgan fingerprint density at radius 3 is 2.37 bits per heavy atom.